The van der Waals surface area contributed by atoms with Crippen LogP contribution < -0.4 is 4.74 Å². The predicted octanol–water partition coefficient (Wildman–Crippen LogP) is 0.795. The van der Waals surface area contributed by atoms with E-state index in [2.05, 4.69) is 20.6 Å². The Kier molecular flexibility index (Phi) is 4.52. The lowest BCUT2D eigenvalue weighted by Gasteiger charge is -2.31. The number of H-pyrrole nitrogens is 1. The summed E-state index contributed by atoms with van der Waals surface area (Å²) in [6, 6.07) is 5.81. The fraction of sp³-hybridized carbons (Fsp3) is 0.467. The highest BCUT2D eigenvalue weighted by atomic mass is 16.5. The highest BCUT2D eigenvalue weighted by Gasteiger charge is 2.28. The first kappa shape index (κ1) is 15.4. The summed E-state index contributed by atoms with van der Waals surface area (Å²) < 4.78 is 11.3. The number of tetrazole rings is 1. The van der Waals surface area contributed by atoms with Crippen molar-refractivity contribution in [1.29, 1.82) is 0 Å². The van der Waals surface area contributed by atoms with Crippen LogP contribution in [0, 0.1) is 13.8 Å². The molecule has 8 heteroatoms. The van der Waals surface area contributed by atoms with Gasteiger partial charge in [0.05, 0.1) is 13.2 Å². The van der Waals surface area contributed by atoms with Crippen LogP contribution in [0.2, 0.25) is 0 Å². The zero-order chi connectivity index (χ0) is 16.2. The van der Waals surface area contributed by atoms with Crippen LogP contribution in [0.25, 0.3) is 0 Å². The number of hydrogen-bond donors (Lipinski definition) is 1. The quantitative estimate of drug-likeness (QED) is 0.896. The first-order chi connectivity index (χ1) is 11.1. The maximum Gasteiger partial charge on any atom is 0.260 e. The van der Waals surface area contributed by atoms with Crippen LogP contribution >= 0.6 is 0 Å². The maximum atomic E-state index is 12.4. The summed E-state index contributed by atoms with van der Waals surface area (Å²) in [5, 5.41) is 13.7. The number of rotatable bonds is 4. The minimum atomic E-state index is -0.354. The topological polar surface area (TPSA) is 93.2 Å². The predicted molar refractivity (Wildman–Crippen MR) is 80.9 cm³/mol. The number of aromatic amines is 1. The van der Waals surface area contributed by atoms with E-state index in [0.717, 1.165) is 16.9 Å². The van der Waals surface area contributed by atoms with Crippen molar-refractivity contribution in [3.05, 3.63) is 35.2 Å². The van der Waals surface area contributed by atoms with E-state index in [0.29, 0.717) is 25.5 Å². The van der Waals surface area contributed by atoms with Gasteiger partial charge in [-0.05, 0) is 31.0 Å². The largest absolute Gasteiger partial charge is 0.483 e. The highest BCUT2D eigenvalue weighted by Crippen LogP contribution is 2.21. The third-order valence-corrected chi connectivity index (χ3v) is 3.97. The molecule has 2 aromatic rings. The molecule has 0 radical (unpaired) electrons. The molecule has 122 valence electrons. The first-order valence-electron chi connectivity index (χ1n) is 7.47. The van der Waals surface area contributed by atoms with E-state index in [-0.39, 0.29) is 18.6 Å². The molecule has 1 fully saturated rings. The van der Waals surface area contributed by atoms with Crippen molar-refractivity contribution in [2.75, 3.05) is 26.3 Å². The van der Waals surface area contributed by atoms with Gasteiger partial charge in [-0.25, -0.2) is 0 Å². The molecular formula is C15H19N5O3. The number of aryl methyl sites for hydroxylation is 1. The molecule has 0 spiro atoms. The summed E-state index contributed by atoms with van der Waals surface area (Å²) in [7, 11) is 0. The number of hydrogen-bond acceptors (Lipinski definition) is 6. The van der Waals surface area contributed by atoms with Crippen LogP contribution in [0.3, 0.4) is 0 Å². The molecule has 1 aromatic heterocycles. The molecule has 0 saturated carbocycles. The summed E-state index contributed by atoms with van der Waals surface area (Å²) in [5.74, 6) is 1.11. The fourth-order valence-corrected chi connectivity index (χ4v) is 2.45. The summed E-state index contributed by atoms with van der Waals surface area (Å²) in [5.41, 5.74) is 2.19. The number of benzene rings is 1. The number of aromatic nitrogens is 4. The monoisotopic (exact) mass is 317 g/mol. The zero-order valence-electron chi connectivity index (χ0n) is 13.2. The van der Waals surface area contributed by atoms with E-state index in [4.69, 9.17) is 9.47 Å². The first-order valence-corrected chi connectivity index (χ1v) is 7.47. The molecule has 1 atom stereocenters. The van der Waals surface area contributed by atoms with Gasteiger partial charge >= 0.3 is 0 Å². The smallest absolute Gasteiger partial charge is 0.260 e. The van der Waals surface area contributed by atoms with Gasteiger partial charge in [-0.1, -0.05) is 17.3 Å². The van der Waals surface area contributed by atoms with Gasteiger partial charge in [0.25, 0.3) is 5.91 Å². The van der Waals surface area contributed by atoms with E-state index in [1.165, 1.54) is 0 Å². The second-order valence-corrected chi connectivity index (χ2v) is 5.46. The lowest BCUT2D eigenvalue weighted by Crippen LogP contribution is -2.44. The molecule has 1 amide bonds. The lowest BCUT2D eigenvalue weighted by atomic mass is 10.1. The van der Waals surface area contributed by atoms with Crippen molar-refractivity contribution in [3.63, 3.8) is 0 Å². The Bertz CT molecular complexity index is 674. The van der Waals surface area contributed by atoms with Gasteiger partial charge in [-0.3, -0.25) is 4.79 Å². The average Bonchev–Trinajstić information content (AvgIpc) is 3.10. The van der Waals surface area contributed by atoms with E-state index < -0.39 is 0 Å². The molecule has 1 saturated heterocycles. The summed E-state index contributed by atoms with van der Waals surface area (Å²) in [6.07, 6.45) is -0.354. The third-order valence-electron chi connectivity index (χ3n) is 3.97. The summed E-state index contributed by atoms with van der Waals surface area (Å²) in [4.78, 5) is 14.1. The van der Waals surface area contributed by atoms with Gasteiger partial charge in [0, 0.05) is 6.54 Å². The van der Waals surface area contributed by atoms with E-state index >= 15 is 0 Å². The van der Waals surface area contributed by atoms with Crippen molar-refractivity contribution in [3.8, 4) is 5.75 Å². The molecule has 1 N–H and O–H groups in total. The SMILES string of the molecule is Cc1cccc(OCC(=O)N2CCOC(c3nn[nH]n3)C2)c1C. The van der Waals surface area contributed by atoms with E-state index in [9.17, 15) is 4.79 Å². The Morgan fingerprint density at radius 3 is 3.13 bits per heavy atom. The van der Waals surface area contributed by atoms with Crippen LogP contribution in [-0.4, -0.2) is 57.7 Å². The van der Waals surface area contributed by atoms with Crippen LogP contribution in [0.4, 0.5) is 0 Å². The molecule has 3 rings (SSSR count). The second kappa shape index (κ2) is 6.74. The number of carbonyl (C=O) groups is 1. The van der Waals surface area contributed by atoms with Crippen molar-refractivity contribution < 1.29 is 14.3 Å². The number of amides is 1. The molecule has 0 bridgehead atoms. The average molecular weight is 317 g/mol. The Morgan fingerprint density at radius 2 is 2.35 bits per heavy atom. The Morgan fingerprint density at radius 1 is 1.48 bits per heavy atom. The van der Waals surface area contributed by atoms with Crippen LogP contribution in [0.5, 0.6) is 5.75 Å². The molecule has 2 heterocycles. The number of nitrogens with zero attached hydrogens (tertiary/aromatic N) is 4. The molecule has 1 aliphatic rings. The normalized spacial score (nSPS) is 18.0. The second-order valence-electron chi connectivity index (χ2n) is 5.46. The molecule has 1 aliphatic heterocycles. The van der Waals surface area contributed by atoms with Crippen LogP contribution in [0.1, 0.15) is 23.1 Å². The number of carbonyl (C=O) groups excluding carboxylic acids is 1. The molecule has 0 aliphatic carbocycles. The molecule has 1 aromatic carbocycles. The van der Waals surface area contributed by atoms with Crippen molar-refractivity contribution in [1.82, 2.24) is 25.5 Å². The van der Waals surface area contributed by atoms with Crippen molar-refractivity contribution in [2.24, 2.45) is 0 Å². The molecule has 8 nitrogen and oxygen atoms in total. The maximum absolute atomic E-state index is 12.4. The van der Waals surface area contributed by atoms with Gasteiger partial charge in [-0.15, -0.1) is 10.2 Å². The lowest BCUT2D eigenvalue weighted by molar-refractivity contribution is -0.141. The Hall–Kier alpha value is -2.48. The van der Waals surface area contributed by atoms with Crippen LogP contribution in [0.15, 0.2) is 18.2 Å². The zero-order valence-corrected chi connectivity index (χ0v) is 13.2. The molecule has 1 unspecified atom stereocenters. The Balaban J connectivity index is 1.58. The van der Waals surface area contributed by atoms with Crippen molar-refractivity contribution in [2.45, 2.75) is 20.0 Å². The highest BCUT2D eigenvalue weighted by molar-refractivity contribution is 5.78. The number of nitrogens with one attached hydrogen (secondary N) is 1. The fourth-order valence-electron chi connectivity index (χ4n) is 2.45. The molecular weight excluding hydrogens is 298 g/mol. The summed E-state index contributed by atoms with van der Waals surface area (Å²) >= 11 is 0. The van der Waals surface area contributed by atoms with E-state index in [1.807, 2.05) is 32.0 Å². The van der Waals surface area contributed by atoms with Gasteiger partial charge in [0.15, 0.2) is 6.61 Å². The van der Waals surface area contributed by atoms with Crippen molar-refractivity contribution >= 4 is 5.91 Å². The number of morpholine rings is 1. The minimum Gasteiger partial charge on any atom is -0.483 e. The minimum absolute atomic E-state index is 0.00323. The van der Waals surface area contributed by atoms with Crippen LogP contribution in [-0.2, 0) is 9.53 Å². The van der Waals surface area contributed by atoms with E-state index in [1.54, 1.807) is 4.90 Å². The summed E-state index contributed by atoms with van der Waals surface area (Å²) in [6.45, 7) is 5.37. The van der Waals surface area contributed by atoms with Gasteiger partial charge < -0.3 is 14.4 Å². The third kappa shape index (κ3) is 3.48. The standard InChI is InChI=1S/C15H19N5O3/c1-10-4-3-5-12(11(10)2)23-9-14(21)20-6-7-22-13(8-20)15-16-18-19-17-15/h3-5,13H,6-9H2,1-2H3,(H,16,17,18,19). The molecule has 23 heavy (non-hydrogen) atoms. The van der Waals surface area contributed by atoms with Gasteiger partial charge in [0.2, 0.25) is 5.82 Å². The van der Waals surface area contributed by atoms with Gasteiger partial charge in [0.1, 0.15) is 11.9 Å². The number of ether oxygens (including phenoxy) is 2. The Labute approximate surface area is 133 Å². The van der Waals surface area contributed by atoms with Gasteiger partial charge in [-0.2, -0.15) is 5.21 Å².